The van der Waals surface area contributed by atoms with Crippen molar-refractivity contribution in [3.63, 3.8) is 0 Å². The molecule has 0 aromatic heterocycles. The number of carbonyl (C=O) groups is 1. The lowest BCUT2D eigenvalue weighted by Crippen LogP contribution is -2.30. The van der Waals surface area contributed by atoms with Crippen molar-refractivity contribution in [2.24, 2.45) is 5.92 Å². The molecule has 1 atom stereocenters. The van der Waals surface area contributed by atoms with E-state index in [1.807, 2.05) is 0 Å². The molecule has 0 bridgehead atoms. The van der Waals surface area contributed by atoms with Crippen molar-refractivity contribution in [2.45, 2.75) is 6.42 Å². The Kier molecular flexibility index (Phi) is 3.41. The Labute approximate surface area is 94.7 Å². The van der Waals surface area contributed by atoms with Gasteiger partial charge in [-0.2, -0.15) is 0 Å². The lowest BCUT2D eigenvalue weighted by Gasteiger charge is -2.10. The second-order valence-electron chi connectivity index (χ2n) is 4.12. The van der Waals surface area contributed by atoms with Crippen molar-refractivity contribution in [3.8, 4) is 5.75 Å². The maximum atomic E-state index is 11.7. The number of rotatable bonds is 3. The molecule has 0 saturated carbocycles. The van der Waals surface area contributed by atoms with Gasteiger partial charge >= 0.3 is 0 Å². The summed E-state index contributed by atoms with van der Waals surface area (Å²) in [5.74, 6) is 0.527. The van der Waals surface area contributed by atoms with Gasteiger partial charge in [0.2, 0.25) is 0 Å². The van der Waals surface area contributed by atoms with Gasteiger partial charge in [0, 0.05) is 12.1 Å². The van der Waals surface area contributed by atoms with Crippen LogP contribution in [0, 0.1) is 5.92 Å². The zero-order chi connectivity index (χ0) is 11.4. The summed E-state index contributed by atoms with van der Waals surface area (Å²) in [6.07, 6.45) is 1.11. The van der Waals surface area contributed by atoms with E-state index in [9.17, 15) is 9.90 Å². The minimum Gasteiger partial charge on any atom is -0.508 e. The molecule has 1 saturated heterocycles. The number of nitrogens with one attached hydrogen (secondary N) is 2. The van der Waals surface area contributed by atoms with Crippen LogP contribution in [0.2, 0.25) is 0 Å². The predicted octanol–water partition coefficient (Wildman–Crippen LogP) is 0.731. The molecule has 1 heterocycles. The summed E-state index contributed by atoms with van der Waals surface area (Å²) in [5.41, 5.74) is 0.506. The maximum Gasteiger partial charge on any atom is 0.251 e. The first kappa shape index (κ1) is 11.0. The highest BCUT2D eigenvalue weighted by Crippen LogP contribution is 2.11. The normalized spacial score (nSPS) is 19.6. The molecule has 1 unspecified atom stereocenters. The van der Waals surface area contributed by atoms with Crippen LogP contribution in [0.4, 0.5) is 0 Å². The molecule has 0 radical (unpaired) electrons. The highest BCUT2D eigenvalue weighted by atomic mass is 16.3. The molecule has 0 spiro atoms. The quantitative estimate of drug-likeness (QED) is 0.704. The van der Waals surface area contributed by atoms with Crippen LogP contribution in [-0.4, -0.2) is 30.6 Å². The largest absolute Gasteiger partial charge is 0.508 e. The average molecular weight is 220 g/mol. The lowest BCUT2D eigenvalue weighted by molar-refractivity contribution is 0.0948. The number of phenols is 1. The third kappa shape index (κ3) is 2.73. The molecule has 1 aliphatic rings. The van der Waals surface area contributed by atoms with Gasteiger partial charge in [0.05, 0.1) is 0 Å². The molecule has 0 aliphatic carbocycles. The number of aromatic hydroxyl groups is 1. The molecule has 16 heavy (non-hydrogen) atoms. The molecular formula is C12H16N2O2. The fraction of sp³-hybridized carbons (Fsp3) is 0.417. The third-order valence-electron chi connectivity index (χ3n) is 2.82. The first-order chi connectivity index (χ1) is 7.75. The smallest absolute Gasteiger partial charge is 0.251 e. The monoisotopic (exact) mass is 220 g/mol. The van der Waals surface area contributed by atoms with Gasteiger partial charge < -0.3 is 15.7 Å². The van der Waals surface area contributed by atoms with Crippen LogP contribution >= 0.6 is 0 Å². The molecule has 1 fully saturated rings. The molecule has 3 N–H and O–H groups in total. The van der Waals surface area contributed by atoms with Crippen molar-refractivity contribution in [1.82, 2.24) is 10.6 Å². The Balaban J connectivity index is 1.87. The van der Waals surface area contributed by atoms with E-state index < -0.39 is 0 Å². The van der Waals surface area contributed by atoms with Gasteiger partial charge in [-0.15, -0.1) is 0 Å². The van der Waals surface area contributed by atoms with E-state index in [0.29, 0.717) is 18.0 Å². The van der Waals surface area contributed by atoms with Gasteiger partial charge in [-0.1, -0.05) is 6.07 Å². The Hall–Kier alpha value is -1.55. The molecule has 1 aliphatic heterocycles. The predicted molar refractivity (Wildman–Crippen MR) is 61.4 cm³/mol. The van der Waals surface area contributed by atoms with Crippen LogP contribution in [0.5, 0.6) is 5.75 Å². The van der Waals surface area contributed by atoms with E-state index in [1.165, 1.54) is 6.07 Å². The van der Waals surface area contributed by atoms with E-state index in [0.717, 1.165) is 19.5 Å². The molecular weight excluding hydrogens is 204 g/mol. The van der Waals surface area contributed by atoms with Gasteiger partial charge in [-0.3, -0.25) is 4.79 Å². The molecule has 1 amide bonds. The fourth-order valence-corrected chi connectivity index (χ4v) is 1.87. The minimum absolute atomic E-state index is 0.121. The van der Waals surface area contributed by atoms with E-state index >= 15 is 0 Å². The zero-order valence-corrected chi connectivity index (χ0v) is 9.07. The number of carbonyl (C=O) groups excluding carboxylic acids is 1. The van der Waals surface area contributed by atoms with Crippen LogP contribution < -0.4 is 10.6 Å². The zero-order valence-electron chi connectivity index (χ0n) is 9.07. The molecule has 4 heteroatoms. The van der Waals surface area contributed by atoms with Gasteiger partial charge in [0.25, 0.3) is 5.91 Å². The molecule has 1 aromatic rings. The SMILES string of the molecule is O=C(NCC1CCNC1)c1cccc(O)c1. The van der Waals surface area contributed by atoms with E-state index in [-0.39, 0.29) is 11.7 Å². The van der Waals surface area contributed by atoms with Crippen LogP contribution in [0.3, 0.4) is 0 Å². The van der Waals surface area contributed by atoms with E-state index in [2.05, 4.69) is 10.6 Å². The Bertz CT molecular complexity index is 373. The minimum atomic E-state index is -0.122. The van der Waals surface area contributed by atoms with Gasteiger partial charge in [-0.05, 0) is 43.6 Å². The fourth-order valence-electron chi connectivity index (χ4n) is 1.87. The van der Waals surface area contributed by atoms with Crippen molar-refractivity contribution in [2.75, 3.05) is 19.6 Å². The highest BCUT2D eigenvalue weighted by molar-refractivity contribution is 5.94. The van der Waals surface area contributed by atoms with Crippen LogP contribution in [-0.2, 0) is 0 Å². The number of benzene rings is 1. The lowest BCUT2D eigenvalue weighted by atomic mass is 10.1. The number of amides is 1. The van der Waals surface area contributed by atoms with E-state index in [4.69, 9.17) is 0 Å². The Morgan fingerprint density at radius 1 is 1.56 bits per heavy atom. The number of hydrogen-bond acceptors (Lipinski definition) is 3. The Morgan fingerprint density at radius 2 is 2.44 bits per heavy atom. The maximum absolute atomic E-state index is 11.7. The summed E-state index contributed by atoms with van der Waals surface area (Å²) in [7, 11) is 0. The van der Waals surface area contributed by atoms with Gasteiger partial charge in [-0.25, -0.2) is 0 Å². The van der Waals surface area contributed by atoms with Crippen molar-refractivity contribution >= 4 is 5.91 Å². The number of phenolic OH excluding ortho intramolecular Hbond substituents is 1. The van der Waals surface area contributed by atoms with Crippen LogP contribution in [0.25, 0.3) is 0 Å². The van der Waals surface area contributed by atoms with Crippen LogP contribution in [0.1, 0.15) is 16.8 Å². The summed E-state index contributed by atoms with van der Waals surface area (Å²) < 4.78 is 0. The first-order valence-corrected chi connectivity index (χ1v) is 5.53. The Morgan fingerprint density at radius 3 is 3.12 bits per heavy atom. The molecule has 4 nitrogen and oxygen atoms in total. The summed E-state index contributed by atoms with van der Waals surface area (Å²) in [5, 5.41) is 15.4. The molecule has 1 aromatic carbocycles. The van der Waals surface area contributed by atoms with Crippen molar-refractivity contribution < 1.29 is 9.90 Å². The topological polar surface area (TPSA) is 61.4 Å². The summed E-state index contributed by atoms with van der Waals surface area (Å²) >= 11 is 0. The summed E-state index contributed by atoms with van der Waals surface area (Å²) in [4.78, 5) is 11.7. The second kappa shape index (κ2) is 4.99. The number of hydrogen-bond donors (Lipinski definition) is 3. The van der Waals surface area contributed by atoms with Crippen LogP contribution in [0.15, 0.2) is 24.3 Å². The van der Waals surface area contributed by atoms with Gasteiger partial charge in [0.1, 0.15) is 5.75 Å². The standard InChI is InChI=1S/C12H16N2O2/c15-11-3-1-2-10(6-11)12(16)14-8-9-4-5-13-7-9/h1-3,6,9,13,15H,4-5,7-8H2,(H,14,16). The van der Waals surface area contributed by atoms with Gasteiger partial charge in [0.15, 0.2) is 0 Å². The second-order valence-corrected chi connectivity index (χ2v) is 4.12. The molecule has 2 rings (SSSR count). The molecule has 86 valence electrons. The third-order valence-corrected chi connectivity index (χ3v) is 2.82. The van der Waals surface area contributed by atoms with Crippen molar-refractivity contribution in [1.29, 1.82) is 0 Å². The first-order valence-electron chi connectivity index (χ1n) is 5.53. The van der Waals surface area contributed by atoms with Crippen molar-refractivity contribution in [3.05, 3.63) is 29.8 Å². The van der Waals surface area contributed by atoms with E-state index in [1.54, 1.807) is 18.2 Å². The summed E-state index contributed by atoms with van der Waals surface area (Å²) in [6.45, 7) is 2.70. The highest BCUT2D eigenvalue weighted by Gasteiger charge is 2.15. The summed E-state index contributed by atoms with van der Waals surface area (Å²) in [6, 6.07) is 6.39. The average Bonchev–Trinajstić information content (AvgIpc) is 2.78.